The van der Waals surface area contributed by atoms with Crippen molar-refractivity contribution in [3.63, 3.8) is 0 Å². The summed E-state index contributed by atoms with van der Waals surface area (Å²) in [6, 6.07) is 0. The molecule has 1 rings (SSSR count). The van der Waals surface area contributed by atoms with Crippen molar-refractivity contribution in [1.29, 1.82) is 0 Å². The zero-order chi connectivity index (χ0) is 7.72. The van der Waals surface area contributed by atoms with Crippen LogP contribution in [0.4, 0.5) is 0 Å². The molecule has 1 saturated carbocycles. The van der Waals surface area contributed by atoms with E-state index >= 15 is 0 Å². The third kappa shape index (κ3) is 1.74. The van der Waals surface area contributed by atoms with E-state index in [0.717, 1.165) is 23.7 Å². The summed E-state index contributed by atoms with van der Waals surface area (Å²) in [5, 5.41) is 0. The first-order chi connectivity index (χ1) is 4.63. The monoisotopic (exact) mass is 140 g/mol. The van der Waals surface area contributed by atoms with Gasteiger partial charge in [0.15, 0.2) is 0 Å². The molecule has 0 heteroatoms. The smallest absolute Gasteiger partial charge is 0.0357 e. The van der Waals surface area contributed by atoms with Gasteiger partial charge in [-0.3, -0.25) is 0 Å². The van der Waals surface area contributed by atoms with Crippen molar-refractivity contribution in [2.45, 2.75) is 40.5 Å². The quantitative estimate of drug-likeness (QED) is 0.564. The Kier molecular flexibility index (Phi) is 2.38. The van der Waals surface area contributed by atoms with Crippen molar-refractivity contribution >= 4 is 0 Å². The average Bonchev–Trinajstić information content (AvgIpc) is 2.38. The zero-order valence-corrected chi connectivity index (χ0v) is 7.72. The van der Waals surface area contributed by atoms with Gasteiger partial charge < -0.3 is 0 Å². The molecule has 0 bridgehead atoms. The van der Waals surface area contributed by atoms with Gasteiger partial charge in [-0.2, -0.15) is 0 Å². The topological polar surface area (TPSA) is 0 Å². The van der Waals surface area contributed by atoms with E-state index < -0.39 is 0 Å². The molecule has 0 aliphatic heterocycles. The minimum absolute atomic E-state index is 0.903. The van der Waals surface area contributed by atoms with Gasteiger partial charge in [0.1, 0.15) is 0 Å². The summed E-state index contributed by atoms with van der Waals surface area (Å²) >= 11 is 0. The molecule has 2 atom stereocenters. The van der Waals surface area contributed by atoms with Crippen LogP contribution >= 0.6 is 0 Å². The third-order valence-corrected chi connectivity index (χ3v) is 3.12. The highest BCUT2D eigenvalue weighted by Gasteiger charge is 2.41. The summed E-state index contributed by atoms with van der Waals surface area (Å²) in [6.07, 6.45) is 2.90. The molecule has 0 N–H and O–H groups in total. The highest BCUT2D eigenvalue weighted by atomic mass is 14.5. The average molecular weight is 140 g/mol. The molecule has 0 amide bonds. The summed E-state index contributed by atoms with van der Waals surface area (Å²) < 4.78 is 0. The van der Waals surface area contributed by atoms with Gasteiger partial charge in [-0.1, -0.05) is 34.1 Å². The Morgan fingerprint density at radius 2 is 1.60 bits per heavy atom. The van der Waals surface area contributed by atoms with E-state index in [9.17, 15) is 0 Å². The molecule has 0 aromatic carbocycles. The second-order valence-electron chi connectivity index (χ2n) is 4.35. The van der Waals surface area contributed by atoms with Crippen LogP contribution in [0.1, 0.15) is 40.5 Å². The maximum atomic E-state index is 2.38. The van der Waals surface area contributed by atoms with Crippen LogP contribution in [-0.2, 0) is 0 Å². The second-order valence-corrected chi connectivity index (χ2v) is 4.35. The minimum atomic E-state index is 0.903. The van der Waals surface area contributed by atoms with Crippen LogP contribution in [0.2, 0.25) is 0 Å². The summed E-state index contributed by atoms with van der Waals surface area (Å²) in [5.41, 5.74) is 0. The lowest BCUT2D eigenvalue weighted by molar-refractivity contribution is 0.507. The highest BCUT2D eigenvalue weighted by Crippen LogP contribution is 2.48. The van der Waals surface area contributed by atoms with Gasteiger partial charge in [-0.05, 0) is 30.1 Å². The highest BCUT2D eigenvalue weighted by molar-refractivity contribution is 4.90. The SMILES string of the molecule is CC(C)CCC1C(C)C1C. The molecule has 0 aromatic heterocycles. The van der Waals surface area contributed by atoms with Crippen LogP contribution in [0, 0.1) is 23.7 Å². The van der Waals surface area contributed by atoms with E-state index in [1.807, 2.05) is 0 Å². The lowest BCUT2D eigenvalue weighted by Gasteiger charge is -2.01. The maximum Gasteiger partial charge on any atom is -0.0357 e. The van der Waals surface area contributed by atoms with Crippen molar-refractivity contribution in [1.82, 2.24) is 0 Å². The summed E-state index contributed by atoms with van der Waals surface area (Å²) in [4.78, 5) is 0. The first kappa shape index (κ1) is 8.10. The van der Waals surface area contributed by atoms with Crippen LogP contribution < -0.4 is 0 Å². The predicted molar refractivity (Wildman–Crippen MR) is 45.9 cm³/mol. The normalized spacial score (nSPS) is 38.7. The molecule has 1 aliphatic carbocycles. The van der Waals surface area contributed by atoms with Crippen molar-refractivity contribution in [3.05, 3.63) is 0 Å². The van der Waals surface area contributed by atoms with Crippen LogP contribution in [0.25, 0.3) is 0 Å². The van der Waals surface area contributed by atoms with Crippen LogP contribution in [-0.4, -0.2) is 0 Å². The molecule has 0 heterocycles. The van der Waals surface area contributed by atoms with E-state index in [-0.39, 0.29) is 0 Å². The Balaban J connectivity index is 2.06. The molecule has 0 radical (unpaired) electrons. The fourth-order valence-corrected chi connectivity index (χ4v) is 1.82. The fourth-order valence-electron chi connectivity index (χ4n) is 1.82. The molecule has 1 fully saturated rings. The van der Waals surface area contributed by atoms with Crippen LogP contribution in [0.3, 0.4) is 0 Å². The van der Waals surface area contributed by atoms with E-state index in [1.54, 1.807) is 0 Å². The van der Waals surface area contributed by atoms with E-state index in [2.05, 4.69) is 27.7 Å². The Morgan fingerprint density at radius 1 is 1.10 bits per heavy atom. The van der Waals surface area contributed by atoms with Crippen molar-refractivity contribution in [2.75, 3.05) is 0 Å². The summed E-state index contributed by atoms with van der Waals surface area (Å²) in [5.74, 6) is 4.03. The van der Waals surface area contributed by atoms with Crippen molar-refractivity contribution in [3.8, 4) is 0 Å². The van der Waals surface area contributed by atoms with Gasteiger partial charge in [0.25, 0.3) is 0 Å². The van der Waals surface area contributed by atoms with E-state index in [0.29, 0.717) is 0 Å². The predicted octanol–water partition coefficient (Wildman–Crippen LogP) is 3.32. The van der Waals surface area contributed by atoms with Gasteiger partial charge in [0, 0.05) is 0 Å². The number of hydrogen-bond acceptors (Lipinski definition) is 0. The van der Waals surface area contributed by atoms with Crippen molar-refractivity contribution < 1.29 is 0 Å². The Bertz CT molecular complexity index is 96.6. The molecule has 0 nitrogen and oxygen atoms in total. The molecule has 10 heavy (non-hydrogen) atoms. The van der Waals surface area contributed by atoms with E-state index in [4.69, 9.17) is 0 Å². The van der Waals surface area contributed by atoms with Gasteiger partial charge in [-0.25, -0.2) is 0 Å². The lowest BCUT2D eigenvalue weighted by atomic mass is 10.0. The molecule has 0 spiro atoms. The molecule has 2 unspecified atom stereocenters. The molecule has 60 valence electrons. The third-order valence-electron chi connectivity index (χ3n) is 3.12. The van der Waals surface area contributed by atoms with Crippen LogP contribution in [0.15, 0.2) is 0 Å². The largest absolute Gasteiger partial charge is 0.0628 e. The first-order valence-electron chi connectivity index (χ1n) is 4.63. The Hall–Kier alpha value is 0. The number of hydrogen-bond donors (Lipinski definition) is 0. The maximum absolute atomic E-state index is 2.38. The molecule has 0 aromatic rings. The van der Waals surface area contributed by atoms with Gasteiger partial charge in [-0.15, -0.1) is 0 Å². The van der Waals surface area contributed by atoms with Crippen molar-refractivity contribution in [2.24, 2.45) is 23.7 Å². The summed E-state index contributed by atoms with van der Waals surface area (Å²) in [7, 11) is 0. The fraction of sp³-hybridized carbons (Fsp3) is 1.00. The molecular weight excluding hydrogens is 120 g/mol. The lowest BCUT2D eigenvalue weighted by Crippen LogP contribution is -1.89. The number of rotatable bonds is 3. The summed E-state index contributed by atoms with van der Waals surface area (Å²) in [6.45, 7) is 9.40. The van der Waals surface area contributed by atoms with Gasteiger partial charge in [0.05, 0.1) is 0 Å². The molecule has 0 saturated heterocycles. The first-order valence-corrected chi connectivity index (χ1v) is 4.63. The Labute approximate surface area is 65.0 Å². The molecule has 1 aliphatic rings. The second kappa shape index (κ2) is 2.94. The van der Waals surface area contributed by atoms with E-state index in [1.165, 1.54) is 12.8 Å². The van der Waals surface area contributed by atoms with Gasteiger partial charge >= 0.3 is 0 Å². The minimum Gasteiger partial charge on any atom is -0.0628 e. The Morgan fingerprint density at radius 3 is 1.90 bits per heavy atom. The molecular formula is C10H20. The zero-order valence-electron chi connectivity index (χ0n) is 7.72. The standard InChI is InChI=1S/C10H20/c1-7(2)5-6-10-8(3)9(10)4/h7-10H,5-6H2,1-4H3. The van der Waals surface area contributed by atoms with Crippen LogP contribution in [0.5, 0.6) is 0 Å². The van der Waals surface area contributed by atoms with Gasteiger partial charge in [0.2, 0.25) is 0 Å².